The van der Waals surface area contributed by atoms with E-state index in [4.69, 9.17) is 4.74 Å². The molecule has 1 rings (SSSR count). The van der Waals surface area contributed by atoms with E-state index in [0.29, 0.717) is 5.92 Å². The van der Waals surface area contributed by atoms with Crippen LogP contribution in [0, 0.1) is 0 Å². The second kappa shape index (κ2) is 13.5. The highest BCUT2D eigenvalue weighted by atomic mass is 16.5. The molecule has 0 aliphatic heterocycles. The molecule has 132 valence electrons. The quantitative estimate of drug-likeness (QED) is 0.323. The van der Waals surface area contributed by atoms with Crippen LogP contribution in [0.4, 0.5) is 0 Å². The summed E-state index contributed by atoms with van der Waals surface area (Å²) in [7, 11) is 0. The van der Waals surface area contributed by atoms with E-state index in [1.165, 1.54) is 76.2 Å². The van der Waals surface area contributed by atoms with Gasteiger partial charge in [0.2, 0.25) is 0 Å². The predicted molar refractivity (Wildman–Crippen MR) is 102 cm³/mol. The van der Waals surface area contributed by atoms with Crippen LogP contribution in [0.1, 0.15) is 103 Å². The summed E-state index contributed by atoms with van der Waals surface area (Å²) in [5.41, 5.74) is 1.44. The Labute approximate surface area is 144 Å². The number of ether oxygens (including phenoxy) is 1. The van der Waals surface area contributed by atoms with E-state index in [-0.39, 0.29) is 0 Å². The molecule has 0 N–H and O–H groups in total. The highest BCUT2D eigenvalue weighted by Gasteiger charge is 2.05. The lowest BCUT2D eigenvalue weighted by atomic mass is 9.96. The van der Waals surface area contributed by atoms with Gasteiger partial charge in [-0.1, -0.05) is 90.7 Å². The van der Waals surface area contributed by atoms with Gasteiger partial charge in [-0.25, -0.2) is 0 Å². The van der Waals surface area contributed by atoms with E-state index in [1.54, 1.807) is 0 Å². The average molecular weight is 319 g/mol. The van der Waals surface area contributed by atoms with Gasteiger partial charge in [-0.3, -0.25) is 0 Å². The Balaban J connectivity index is 2.09. The van der Waals surface area contributed by atoms with Gasteiger partial charge in [0.15, 0.2) is 0 Å². The van der Waals surface area contributed by atoms with Crippen LogP contribution >= 0.6 is 0 Å². The number of unbranched alkanes of at least 4 members (excludes halogenated alkanes) is 8. The third-order valence-electron chi connectivity index (χ3n) is 4.71. The van der Waals surface area contributed by atoms with Crippen LogP contribution in [0.25, 0.3) is 0 Å². The van der Waals surface area contributed by atoms with Crippen LogP contribution in [-0.2, 0) is 0 Å². The third kappa shape index (κ3) is 9.69. The van der Waals surface area contributed by atoms with Crippen molar-refractivity contribution in [2.45, 2.75) is 97.3 Å². The fourth-order valence-corrected chi connectivity index (χ4v) is 3.00. The molecule has 0 amide bonds. The molecule has 0 heterocycles. The van der Waals surface area contributed by atoms with Gasteiger partial charge in [-0.15, -0.1) is 0 Å². The van der Waals surface area contributed by atoms with Crippen molar-refractivity contribution >= 4 is 0 Å². The van der Waals surface area contributed by atoms with Crippen LogP contribution in [0.3, 0.4) is 0 Å². The molecule has 0 radical (unpaired) electrons. The number of rotatable bonds is 14. The first-order chi connectivity index (χ1) is 11.3. The first-order valence-corrected chi connectivity index (χ1v) is 10.0. The molecule has 0 aliphatic carbocycles. The smallest absolute Gasteiger partial charge is 0.119 e. The molecule has 1 nitrogen and oxygen atoms in total. The minimum atomic E-state index is 0.664. The summed E-state index contributed by atoms with van der Waals surface area (Å²) in [6.45, 7) is 7.72. The molecule has 1 atom stereocenters. The topological polar surface area (TPSA) is 9.23 Å². The molecule has 0 saturated carbocycles. The Morgan fingerprint density at radius 3 is 1.91 bits per heavy atom. The Morgan fingerprint density at radius 2 is 1.30 bits per heavy atom. The van der Waals surface area contributed by atoms with Crippen LogP contribution in [0.5, 0.6) is 5.75 Å². The summed E-state index contributed by atoms with van der Waals surface area (Å²) in [6.07, 6.45) is 14.7. The number of benzene rings is 1. The van der Waals surface area contributed by atoms with Crippen molar-refractivity contribution < 1.29 is 4.74 Å². The molecule has 0 bridgehead atoms. The largest absolute Gasteiger partial charge is 0.494 e. The van der Waals surface area contributed by atoms with E-state index in [1.807, 2.05) is 0 Å². The molecule has 1 aromatic rings. The molecular formula is C22H38O. The zero-order valence-electron chi connectivity index (χ0n) is 15.8. The Kier molecular flexibility index (Phi) is 11.7. The molecular weight excluding hydrogens is 280 g/mol. The normalized spacial score (nSPS) is 12.3. The number of hydrogen-bond acceptors (Lipinski definition) is 1. The highest BCUT2D eigenvalue weighted by molar-refractivity contribution is 5.29. The first kappa shape index (κ1) is 20.1. The minimum Gasteiger partial charge on any atom is -0.494 e. The summed E-state index contributed by atoms with van der Waals surface area (Å²) in [5.74, 6) is 1.69. The fraction of sp³-hybridized carbons (Fsp3) is 0.727. The molecule has 0 saturated heterocycles. The van der Waals surface area contributed by atoms with E-state index in [0.717, 1.165) is 12.4 Å². The maximum atomic E-state index is 5.87. The number of hydrogen-bond donors (Lipinski definition) is 0. The second-order valence-corrected chi connectivity index (χ2v) is 6.94. The maximum absolute atomic E-state index is 5.87. The molecule has 0 aromatic heterocycles. The second-order valence-electron chi connectivity index (χ2n) is 6.94. The SMILES string of the molecule is CCCCCCCCCCOc1ccc(C(C)CCCC)cc1. The van der Waals surface area contributed by atoms with Crippen molar-refractivity contribution in [3.05, 3.63) is 29.8 Å². The van der Waals surface area contributed by atoms with Gasteiger partial charge in [0.05, 0.1) is 6.61 Å². The summed E-state index contributed by atoms with van der Waals surface area (Å²) >= 11 is 0. The lowest BCUT2D eigenvalue weighted by Crippen LogP contribution is -1.98. The molecule has 0 fully saturated rings. The van der Waals surface area contributed by atoms with Gasteiger partial charge >= 0.3 is 0 Å². The predicted octanol–water partition coefficient (Wildman–Crippen LogP) is 7.50. The monoisotopic (exact) mass is 318 g/mol. The van der Waals surface area contributed by atoms with Crippen molar-refractivity contribution in [3.63, 3.8) is 0 Å². The lowest BCUT2D eigenvalue weighted by Gasteiger charge is -2.12. The summed E-state index contributed by atoms with van der Waals surface area (Å²) in [6, 6.07) is 8.76. The van der Waals surface area contributed by atoms with E-state index >= 15 is 0 Å². The van der Waals surface area contributed by atoms with Crippen LogP contribution in [0.2, 0.25) is 0 Å². The minimum absolute atomic E-state index is 0.664. The average Bonchev–Trinajstić information content (AvgIpc) is 2.58. The maximum Gasteiger partial charge on any atom is 0.119 e. The van der Waals surface area contributed by atoms with Gasteiger partial charge in [-0.05, 0) is 36.5 Å². The first-order valence-electron chi connectivity index (χ1n) is 10.0. The molecule has 1 heteroatoms. The van der Waals surface area contributed by atoms with Gasteiger partial charge in [-0.2, -0.15) is 0 Å². The summed E-state index contributed by atoms with van der Waals surface area (Å²) < 4.78 is 5.87. The molecule has 0 spiro atoms. The van der Waals surface area contributed by atoms with E-state index < -0.39 is 0 Å². The highest BCUT2D eigenvalue weighted by Crippen LogP contribution is 2.23. The van der Waals surface area contributed by atoms with Gasteiger partial charge in [0.1, 0.15) is 5.75 Å². The van der Waals surface area contributed by atoms with Crippen molar-refractivity contribution in [2.75, 3.05) is 6.61 Å². The van der Waals surface area contributed by atoms with Crippen LogP contribution in [0.15, 0.2) is 24.3 Å². The Hall–Kier alpha value is -0.980. The fourth-order valence-electron chi connectivity index (χ4n) is 3.00. The van der Waals surface area contributed by atoms with Gasteiger partial charge in [0.25, 0.3) is 0 Å². The van der Waals surface area contributed by atoms with Crippen molar-refractivity contribution in [1.82, 2.24) is 0 Å². The van der Waals surface area contributed by atoms with E-state index in [9.17, 15) is 0 Å². The van der Waals surface area contributed by atoms with Crippen molar-refractivity contribution in [1.29, 1.82) is 0 Å². The van der Waals surface area contributed by atoms with Crippen molar-refractivity contribution in [3.8, 4) is 5.75 Å². The van der Waals surface area contributed by atoms with Crippen LogP contribution in [-0.4, -0.2) is 6.61 Å². The molecule has 23 heavy (non-hydrogen) atoms. The Bertz CT molecular complexity index is 368. The van der Waals surface area contributed by atoms with Crippen molar-refractivity contribution in [2.24, 2.45) is 0 Å². The zero-order chi connectivity index (χ0) is 16.8. The third-order valence-corrected chi connectivity index (χ3v) is 4.71. The Morgan fingerprint density at radius 1 is 0.739 bits per heavy atom. The van der Waals surface area contributed by atoms with Gasteiger partial charge in [0, 0.05) is 0 Å². The standard InChI is InChI=1S/C22H38O/c1-4-6-8-9-10-11-12-13-19-23-22-17-15-21(16-18-22)20(3)14-7-5-2/h15-18,20H,4-14,19H2,1-3H3. The van der Waals surface area contributed by atoms with Gasteiger partial charge < -0.3 is 4.74 Å². The molecule has 1 unspecified atom stereocenters. The van der Waals surface area contributed by atoms with E-state index in [2.05, 4.69) is 45.0 Å². The summed E-state index contributed by atoms with van der Waals surface area (Å²) in [4.78, 5) is 0. The van der Waals surface area contributed by atoms with Crippen LogP contribution < -0.4 is 4.74 Å². The molecule has 1 aromatic carbocycles. The zero-order valence-corrected chi connectivity index (χ0v) is 15.8. The summed E-state index contributed by atoms with van der Waals surface area (Å²) in [5, 5.41) is 0. The lowest BCUT2D eigenvalue weighted by molar-refractivity contribution is 0.304. The molecule has 0 aliphatic rings.